The third-order valence-electron chi connectivity index (χ3n) is 5.87. The Kier molecular flexibility index (Phi) is 7.28. The number of hydrogen-bond acceptors (Lipinski definition) is 6. The molecule has 3 aromatic rings. The average molecular weight is 511 g/mol. The second-order valence-corrected chi connectivity index (χ2v) is 11.6. The number of aromatic nitrogens is 2. The Morgan fingerprint density at radius 3 is 2.25 bits per heavy atom. The Bertz CT molecular complexity index is 1340. The quantitative estimate of drug-likeness (QED) is 0.485. The van der Waals surface area contributed by atoms with E-state index in [0.29, 0.717) is 18.9 Å². The molecule has 0 radical (unpaired) electrons. The molecule has 1 N–H and O–H groups in total. The van der Waals surface area contributed by atoms with E-state index in [4.69, 9.17) is 4.74 Å². The Balaban J connectivity index is 1.41. The second kappa shape index (κ2) is 10.2. The second-order valence-electron chi connectivity index (χ2n) is 9.67. The van der Waals surface area contributed by atoms with Gasteiger partial charge in [-0.3, -0.25) is 4.79 Å². The molecule has 0 aliphatic carbocycles. The number of benzene rings is 2. The monoisotopic (exact) mass is 510 g/mol. The number of carbonyl (C=O) groups is 2. The van der Waals surface area contributed by atoms with Crippen LogP contribution in [0.15, 0.2) is 65.6 Å². The molecule has 190 valence electrons. The first-order valence-corrected chi connectivity index (χ1v) is 13.2. The molecule has 1 fully saturated rings. The van der Waals surface area contributed by atoms with Crippen LogP contribution in [0.1, 0.15) is 49.7 Å². The number of amides is 1. The topological polar surface area (TPSA) is 111 Å². The lowest BCUT2D eigenvalue weighted by molar-refractivity contribution is -0.119. The molecule has 1 aliphatic rings. The Labute approximate surface area is 211 Å². The van der Waals surface area contributed by atoms with Crippen molar-refractivity contribution in [1.29, 1.82) is 0 Å². The highest BCUT2D eigenvalue weighted by Crippen LogP contribution is 2.26. The van der Waals surface area contributed by atoms with E-state index < -0.39 is 28.5 Å². The normalized spacial score (nSPS) is 14.5. The zero-order valence-corrected chi connectivity index (χ0v) is 21.4. The van der Waals surface area contributed by atoms with E-state index in [1.807, 2.05) is 51.1 Å². The van der Waals surface area contributed by atoms with Crippen molar-refractivity contribution in [3.05, 3.63) is 71.9 Å². The molecule has 0 bridgehead atoms. The van der Waals surface area contributed by atoms with Gasteiger partial charge in [0.25, 0.3) is 5.91 Å². The zero-order valence-electron chi connectivity index (χ0n) is 20.6. The van der Waals surface area contributed by atoms with Crippen molar-refractivity contribution in [1.82, 2.24) is 14.1 Å². The van der Waals surface area contributed by atoms with Gasteiger partial charge in [-0.05, 0) is 49.2 Å². The summed E-state index contributed by atoms with van der Waals surface area (Å²) in [6.45, 7) is 6.58. The van der Waals surface area contributed by atoms with Crippen LogP contribution < -0.4 is 5.32 Å². The van der Waals surface area contributed by atoms with Gasteiger partial charge in [0.1, 0.15) is 5.82 Å². The van der Waals surface area contributed by atoms with Crippen LogP contribution >= 0.6 is 0 Å². The number of rotatable bonds is 7. The standard InChI is InChI=1S/C26H30N4O5S/c1-26(2,3)22-17-23(30(28-22)20-9-5-4-6-10-20)27-24(31)18-35-25(32)19-11-13-21(14-12-19)36(33,34)29-15-7-8-16-29/h4-6,9-14,17H,7-8,15-16,18H2,1-3H3,(H,27,31). The SMILES string of the molecule is CC(C)(C)c1cc(NC(=O)COC(=O)c2ccc(S(=O)(=O)N3CCCC3)cc2)n(-c2ccccc2)n1. The molecule has 2 heterocycles. The van der Waals surface area contributed by atoms with E-state index >= 15 is 0 Å². The summed E-state index contributed by atoms with van der Waals surface area (Å²) in [5, 5.41) is 7.41. The molecule has 36 heavy (non-hydrogen) atoms. The van der Waals surface area contributed by atoms with Crippen molar-refractivity contribution >= 4 is 27.7 Å². The summed E-state index contributed by atoms with van der Waals surface area (Å²) >= 11 is 0. The maximum atomic E-state index is 12.6. The van der Waals surface area contributed by atoms with E-state index in [9.17, 15) is 18.0 Å². The summed E-state index contributed by atoms with van der Waals surface area (Å²) in [4.78, 5) is 25.2. The van der Waals surface area contributed by atoms with Crippen LogP contribution in [-0.2, 0) is 25.0 Å². The smallest absolute Gasteiger partial charge is 0.338 e. The summed E-state index contributed by atoms with van der Waals surface area (Å²) < 4.78 is 33.5. The van der Waals surface area contributed by atoms with Gasteiger partial charge in [0.15, 0.2) is 6.61 Å². The Hall–Kier alpha value is -3.50. The molecule has 2 aromatic carbocycles. The maximum absolute atomic E-state index is 12.6. The fraction of sp³-hybridized carbons (Fsp3) is 0.346. The number of nitrogens with zero attached hydrogens (tertiary/aromatic N) is 3. The molecule has 1 aliphatic heterocycles. The molecule has 9 nitrogen and oxygen atoms in total. The molecular weight excluding hydrogens is 480 g/mol. The van der Waals surface area contributed by atoms with E-state index in [-0.39, 0.29) is 15.9 Å². The van der Waals surface area contributed by atoms with Gasteiger partial charge in [0.2, 0.25) is 10.0 Å². The van der Waals surface area contributed by atoms with Crippen LogP contribution in [0.5, 0.6) is 0 Å². The van der Waals surface area contributed by atoms with Gasteiger partial charge < -0.3 is 10.1 Å². The van der Waals surface area contributed by atoms with Crippen molar-refractivity contribution < 1.29 is 22.7 Å². The number of esters is 1. The van der Waals surface area contributed by atoms with Crippen LogP contribution in [0, 0.1) is 0 Å². The van der Waals surface area contributed by atoms with Gasteiger partial charge in [-0.2, -0.15) is 9.40 Å². The van der Waals surface area contributed by atoms with Crippen molar-refractivity contribution in [2.45, 2.75) is 43.9 Å². The van der Waals surface area contributed by atoms with E-state index in [0.717, 1.165) is 24.2 Å². The Morgan fingerprint density at radius 1 is 1.00 bits per heavy atom. The van der Waals surface area contributed by atoms with Gasteiger partial charge in [0, 0.05) is 24.6 Å². The lowest BCUT2D eigenvalue weighted by Crippen LogP contribution is -2.27. The molecule has 1 saturated heterocycles. The van der Waals surface area contributed by atoms with Crippen LogP contribution in [0.25, 0.3) is 5.69 Å². The van der Waals surface area contributed by atoms with Crippen LogP contribution in [0.4, 0.5) is 5.82 Å². The summed E-state index contributed by atoms with van der Waals surface area (Å²) in [7, 11) is -3.57. The van der Waals surface area contributed by atoms with Crippen molar-refractivity contribution in [2.24, 2.45) is 0 Å². The third-order valence-corrected chi connectivity index (χ3v) is 7.79. The molecule has 0 saturated carbocycles. The minimum absolute atomic E-state index is 0.127. The first kappa shape index (κ1) is 25.6. The highest BCUT2D eigenvalue weighted by molar-refractivity contribution is 7.89. The molecule has 0 unspecified atom stereocenters. The number of para-hydroxylation sites is 1. The number of sulfonamides is 1. The zero-order chi connectivity index (χ0) is 25.9. The summed E-state index contributed by atoms with van der Waals surface area (Å²) in [5.74, 6) is -0.778. The van der Waals surface area contributed by atoms with Crippen LogP contribution in [-0.4, -0.2) is 54.1 Å². The first-order valence-electron chi connectivity index (χ1n) is 11.8. The lowest BCUT2D eigenvalue weighted by atomic mass is 9.92. The van der Waals surface area contributed by atoms with Gasteiger partial charge in [-0.1, -0.05) is 39.0 Å². The minimum atomic E-state index is -3.57. The summed E-state index contributed by atoms with van der Waals surface area (Å²) in [6.07, 6.45) is 1.69. The van der Waals surface area contributed by atoms with Gasteiger partial charge in [0.05, 0.1) is 21.8 Å². The average Bonchev–Trinajstić information content (AvgIpc) is 3.54. The summed E-state index contributed by atoms with van der Waals surface area (Å²) in [6, 6.07) is 16.8. The molecule has 10 heteroatoms. The fourth-order valence-electron chi connectivity index (χ4n) is 3.84. The van der Waals surface area contributed by atoms with E-state index in [2.05, 4.69) is 10.4 Å². The maximum Gasteiger partial charge on any atom is 0.338 e. The molecule has 0 spiro atoms. The van der Waals surface area contributed by atoms with Gasteiger partial charge >= 0.3 is 5.97 Å². The number of anilines is 1. The fourth-order valence-corrected chi connectivity index (χ4v) is 5.35. The molecule has 1 aromatic heterocycles. The molecule has 1 amide bonds. The van der Waals surface area contributed by atoms with Crippen LogP contribution in [0.2, 0.25) is 0 Å². The Morgan fingerprint density at radius 2 is 1.64 bits per heavy atom. The number of ether oxygens (including phenoxy) is 1. The van der Waals surface area contributed by atoms with Crippen molar-refractivity contribution in [2.75, 3.05) is 25.0 Å². The van der Waals surface area contributed by atoms with Gasteiger partial charge in [-0.25, -0.2) is 17.9 Å². The van der Waals surface area contributed by atoms with E-state index in [1.54, 1.807) is 10.7 Å². The lowest BCUT2D eigenvalue weighted by Gasteiger charge is -2.15. The number of nitrogens with one attached hydrogen (secondary N) is 1. The number of hydrogen-bond donors (Lipinski definition) is 1. The molecule has 0 atom stereocenters. The predicted octanol–water partition coefficient (Wildman–Crippen LogP) is 3.75. The van der Waals surface area contributed by atoms with Gasteiger partial charge in [-0.15, -0.1) is 0 Å². The summed E-state index contributed by atoms with van der Waals surface area (Å²) in [5.41, 5.74) is 1.50. The predicted molar refractivity (Wildman–Crippen MR) is 136 cm³/mol. The third kappa shape index (κ3) is 5.66. The molecular formula is C26H30N4O5S. The highest BCUT2D eigenvalue weighted by atomic mass is 32.2. The van der Waals surface area contributed by atoms with Crippen LogP contribution in [0.3, 0.4) is 0 Å². The first-order chi connectivity index (χ1) is 17.1. The van der Waals surface area contributed by atoms with Crippen molar-refractivity contribution in [3.8, 4) is 5.69 Å². The number of carbonyl (C=O) groups excluding carboxylic acids is 2. The largest absolute Gasteiger partial charge is 0.452 e. The minimum Gasteiger partial charge on any atom is -0.452 e. The van der Waals surface area contributed by atoms with Crippen molar-refractivity contribution in [3.63, 3.8) is 0 Å². The molecule has 4 rings (SSSR count). The van der Waals surface area contributed by atoms with E-state index in [1.165, 1.54) is 28.6 Å². The highest BCUT2D eigenvalue weighted by Gasteiger charge is 2.27.